The molecule has 6 heteroatoms. The summed E-state index contributed by atoms with van der Waals surface area (Å²) in [6.07, 6.45) is 2.38. The Morgan fingerprint density at radius 2 is 1.65 bits per heavy atom. The van der Waals surface area contributed by atoms with Crippen LogP contribution in [0.2, 0.25) is 0 Å². The molecule has 3 rings (SSSR count). The van der Waals surface area contributed by atoms with Crippen LogP contribution >= 0.6 is 0 Å². The Labute approximate surface area is 115 Å². The Kier molecular flexibility index (Phi) is 2.74. The van der Waals surface area contributed by atoms with Gasteiger partial charge in [0, 0.05) is 22.3 Å². The lowest BCUT2D eigenvalue weighted by Crippen LogP contribution is -2.29. The predicted molar refractivity (Wildman–Crippen MR) is 71.2 cm³/mol. The molecular weight excluding hydrogens is 280 g/mol. The predicted octanol–water partition coefficient (Wildman–Crippen LogP) is 1.58. The molecule has 1 atom stereocenters. The topological polar surface area (TPSA) is 88.5 Å². The maximum Gasteiger partial charge on any atom is 0.271 e. The van der Waals surface area contributed by atoms with Crippen molar-refractivity contribution in [2.45, 2.75) is 11.7 Å². The van der Waals surface area contributed by atoms with Gasteiger partial charge >= 0.3 is 0 Å². The van der Waals surface area contributed by atoms with E-state index in [0.717, 1.165) is 0 Å². The van der Waals surface area contributed by atoms with E-state index in [-0.39, 0.29) is 34.7 Å². The first-order valence-electron chi connectivity index (χ1n) is 5.95. The van der Waals surface area contributed by atoms with Gasteiger partial charge in [0.15, 0.2) is 11.6 Å². The lowest BCUT2D eigenvalue weighted by atomic mass is 9.80. The molecule has 1 aromatic rings. The minimum absolute atomic E-state index is 0.152. The molecular formula is C14H10O5S. The molecule has 0 radical (unpaired) electrons. The van der Waals surface area contributed by atoms with Crippen molar-refractivity contribution in [1.82, 2.24) is 0 Å². The molecule has 102 valence electrons. The summed E-state index contributed by atoms with van der Waals surface area (Å²) in [5, 5.41) is -1.18. The Bertz CT molecular complexity index is 799. The Balaban J connectivity index is 2.12. The van der Waals surface area contributed by atoms with E-state index in [2.05, 4.69) is 0 Å². The number of ketones is 2. The maximum atomic E-state index is 12.3. The third-order valence-electron chi connectivity index (χ3n) is 3.53. The molecule has 0 spiro atoms. The van der Waals surface area contributed by atoms with Crippen molar-refractivity contribution in [2.75, 3.05) is 0 Å². The SMILES string of the molecule is O=C1C2=C(CC(S(=O)(=O)O)C=C2)C(=O)c2ccccc21. The van der Waals surface area contributed by atoms with Gasteiger partial charge in [0.05, 0.1) is 0 Å². The average molecular weight is 290 g/mol. The number of rotatable bonds is 1. The Hall–Kier alpha value is -2.05. The molecule has 0 aliphatic heterocycles. The van der Waals surface area contributed by atoms with Gasteiger partial charge in [0.2, 0.25) is 0 Å². The van der Waals surface area contributed by atoms with Gasteiger partial charge in [-0.2, -0.15) is 8.42 Å². The van der Waals surface area contributed by atoms with Gasteiger partial charge in [-0.25, -0.2) is 0 Å². The molecule has 0 saturated carbocycles. The minimum atomic E-state index is -4.28. The van der Waals surface area contributed by atoms with Crippen LogP contribution in [0.25, 0.3) is 0 Å². The smallest absolute Gasteiger partial charge is 0.271 e. The molecule has 0 amide bonds. The first-order valence-corrected chi connectivity index (χ1v) is 7.46. The van der Waals surface area contributed by atoms with Crippen molar-refractivity contribution in [2.24, 2.45) is 0 Å². The number of Topliss-reactive ketones (excluding diaryl/α,β-unsaturated/α-hetero) is 2. The zero-order valence-electron chi connectivity index (χ0n) is 10.2. The molecule has 0 heterocycles. The second-order valence-corrected chi connectivity index (χ2v) is 6.35. The van der Waals surface area contributed by atoms with Crippen LogP contribution in [0.15, 0.2) is 47.6 Å². The van der Waals surface area contributed by atoms with E-state index in [0.29, 0.717) is 5.56 Å². The lowest BCUT2D eigenvalue weighted by Gasteiger charge is -2.24. The zero-order valence-corrected chi connectivity index (χ0v) is 11.1. The average Bonchev–Trinajstić information content (AvgIpc) is 2.43. The van der Waals surface area contributed by atoms with Crippen LogP contribution in [0, 0.1) is 0 Å². The van der Waals surface area contributed by atoms with Crippen LogP contribution in [-0.2, 0) is 10.1 Å². The third kappa shape index (κ3) is 1.85. The quantitative estimate of drug-likeness (QED) is 0.793. The second kappa shape index (κ2) is 4.22. The van der Waals surface area contributed by atoms with Crippen LogP contribution in [0.1, 0.15) is 27.1 Å². The number of carbonyl (C=O) groups excluding carboxylic acids is 2. The van der Waals surface area contributed by atoms with Crippen LogP contribution in [-0.4, -0.2) is 29.8 Å². The summed E-state index contributed by atoms with van der Waals surface area (Å²) >= 11 is 0. The number of hydrogen-bond donors (Lipinski definition) is 1. The standard InChI is InChI=1S/C14H10O5S/c15-13-9-3-1-2-4-10(9)14(16)12-7-8(20(17,18)19)5-6-11(12)13/h1-6,8H,7H2,(H,17,18,19). The molecule has 1 aromatic carbocycles. The van der Waals surface area contributed by atoms with E-state index < -0.39 is 15.4 Å². The summed E-state index contributed by atoms with van der Waals surface area (Å²) in [6, 6.07) is 6.43. The number of carbonyl (C=O) groups is 2. The maximum absolute atomic E-state index is 12.3. The van der Waals surface area contributed by atoms with Crippen molar-refractivity contribution in [1.29, 1.82) is 0 Å². The van der Waals surface area contributed by atoms with E-state index in [1.165, 1.54) is 12.2 Å². The summed E-state index contributed by atoms with van der Waals surface area (Å²) in [5.74, 6) is -0.645. The van der Waals surface area contributed by atoms with Crippen molar-refractivity contribution < 1.29 is 22.6 Å². The highest BCUT2D eigenvalue weighted by Gasteiger charge is 2.36. The first kappa shape index (κ1) is 13.0. The van der Waals surface area contributed by atoms with Gasteiger partial charge in [-0.15, -0.1) is 0 Å². The van der Waals surface area contributed by atoms with Gasteiger partial charge in [-0.3, -0.25) is 14.1 Å². The molecule has 1 unspecified atom stereocenters. The fraction of sp³-hybridized carbons (Fsp3) is 0.143. The summed E-state index contributed by atoms with van der Waals surface area (Å²) in [5.41, 5.74) is 0.972. The van der Waals surface area contributed by atoms with E-state index in [1.807, 2.05) is 0 Å². The first-order chi connectivity index (χ1) is 9.39. The fourth-order valence-corrected chi connectivity index (χ4v) is 3.16. The van der Waals surface area contributed by atoms with E-state index in [9.17, 15) is 18.0 Å². The number of hydrogen-bond acceptors (Lipinski definition) is 4. The molecule has 0 bridgehead atoms. The highest BCUT2D eigenvalue weighted by molar-refractivity contribution is 7.86. The normalized spacial score (nSPS) is 21.8. The highest BCUT2D eigenvalue weighted by Crippen LogP contribution is 2.33. The Morgan fingerprint density at radius 1 is 1.05 bits per heavy atom. The summed E-state index contributed by atoms with van der Waals surface area (Å²) < 4.78 is 31.4. The second-order valence-electron chi connectivity index (χ2n) is 4.71. The fourth-order valence-electron chi connectivity index (χ4n) is 2.50. The van der Waals surface area contributed by atoms with Crippen molar-refractivity contribution in [3.05, 3.63) is 58.7 Å². The van der Waals surface area contributed by atoms with Gasteiger partial charge in [0.1, 0.15) is 5.25 Å². The van der Waals surface area contributed by atoms with Gasteiger partial charge in [-0.1, -0.05) is 36.4 Å². The summed E-state index contributed by atoms with van der Waals surface area (Å²) in [7, 11) is -4.28. The molecule has 1 N–H and O–H groups in total. The minimum Gasteiger partial charge on any atom is -0.289 e. The number of benzene rings is 1. The highest BCUT2D eigenvalue weighted by atomic mass is 32.2. The van der Waals surface area contributed by atoms with E-state index in [4.69, 9.17) is 4.55 Å². The van der Waals surface area contributed by atoms with Gasteiger partial charge < -0.3 is 0 Å². The van der Waals surface area contributed by atoms with Gasteiger partial charge in [0.25, 0.3) is 10.1 Å². The molecule has 0 aromatic heterocycles. The van der Waals surface area contributed by atoms with Crippen LogP contribution in [0.5, 0.6) is 0 Å². The number of fused-ring (bicyclic) bond motifs is 1. The monoisotopic (exact) mass is 290 g/mol. The molecule has 5 nitrogen and oxygen atoms in total. The molecule has 2 aliphatic carbocycles. The van der Waals surface area contributed by atoms with Crippen LogP contribution in [0.4, 0.5) is 0 Å². The molecule has 2 aliphatic rings. The van der Waals surface area contributed by atoms with Crippen molar-refractivity contribution in [3.63, 3.8) is 0 Å². The zero-order chi connectivity index (χ0) is 14.5. The summed E-state index contributed by atoms with van der Waals surface area (Å²) in [6.45, 7) is 0. The van der Waals surface area contributed by atoms with Crippen molar-refractivity contribution in [3.8, 4) is 0 Å². The summed E-state index contributed by atoms with van der Waals surface area (Å²) in [4.78, 5) is 24.6. The van der Waals surface area contributed by atoms with Crippen LogP contribution in [0.3, 0.4) is 0 Å². The number of allylic oxidation sites excluding steroid dienone is 3. The van der Waals surface area contributed by atoms with Crippen molar-refractivity contribution >= 4 is 21.7 Å². The largest absolute Gasteiger partial charge is 0.289 e. The molecule has 0 saturated heterocycles. The van der Waals surface area contributed by atoms with E-state index in [1.54, 1.807) is 24.3 Å². The molecule has 20 heavy (non-hydrogen) atoms. The Morgan fingerprint density at radius 3 is 2.25 bits per heavy atom. The van der Waals surface area contributed by atoms with Crippen LogP contribution < -0.4 is 0 Å². The third-order valence-corrected chi connectivity index (χ3v) is 4.61. The van der Waals surface area contributed by atoms with Gasteiger partial charge in [-0.05, 0) is 6.42 Å². The molecule has 0 fully saturated rings. The lowest BCUT2D eigenvalue weighted by molar-refractivity contribution is 0.0974. The van der Waals surface area contributed by atoms with E-state index >= 15 is 0 Å².